The van der Waals surface area contributed by atoms with E-state index >= 15 is 0 Å². The zero-order valence-electron chi connectivity index (χ0n) is 7.90. The molecule has 76 valence electrons. The maximum Gasteiger partial charge on any atom is 0.323 e. The van der Waals surface area contributed by atoms with Gasteiger partial charge in [0.15, 0.2) is 0 Å². The smallest absolute Gasteiger partial charge is 0.323 e. The van der Waals surface area contributed by atoms with Gasteiger partial charge in [0, 0.05) is 17.3 Å². The van der Waals surface area contributed by atoms with E-state index in [0.29, 0.717) is 11.6 Å². The maximum absolute atomic E-state index is 10.6. The Morgan fingerprint density at radius 3 is 2.79 bits per heavy atom. The van der Waals surface area contributed by atoms with Gasteiger partial charge in [-0.15, -0.1) is 0 Å². The molecule has 0 saturated heterocycles. The van der Waals surface area contributed by atoms with Gasteiger partial charge >= 0.3 is 5.97 Å². The molecule has 0 bridgehead atoms. The van der Waals surface area contributed by atoms with Gasteiger partial charge in [-0.3, -0.25) is 4.79 Å². The van der Waals surface area contributed by atoms with Crippen LogP contribution >= 0.6 is 11.6 Å². The molecule has 0 heterocycles. The van der Waals surface area contributed by atoms with E-state index in [1.807, 2.05) is 19.1 Å². The fraction of sp³-hybridized carbons (Fsp3) is 0.300. The van der Waals surface area contributed by atoms with Crippen molar-refractivity contribution in [2.75, 3.05) is 18.0 Å². The molecule has 1 N–H and O–H groups in total. The quantitative estimate of drug-likeness (QED) is 0.834. The van der Waals surface area contributed by atoms with Crippen LogP contribution in [0.1, 0.15) is 6.92 Å². The number of rotatable bonds is 4. The summed E-state index contributed by atoms with van der Waals surface area (Å²) in [4.78, 5) is 12.3. The maximum atomic E-state index is 10.6. The third kappa shape index (κ3) is 2.92. The molecule has 0 amide bonds. The first-order chi connectivity index (χ1) is 6.63. The summed E-state index contributed by atoms with van der Waals surface area (Å²) in [7, 11) is 0. The molecule has 0 saturated carbocycles. The van der Waals surface area contributed by atoms with Crippen LogP contribution in [0, 0.1) is 0 Å². The lowest BCUT2D eigenvalue weighted by atomic mass is 10.3. The molecule has 1 rings (SSSR count). The SMILES string of the molecule is CCN(CC(=O)O)c1cccc(Cl)c1. The van der Waals surface area contributed by atoms with Gasteiger partial charge in [-0.05, 0) is 25.1 Å². The van der Waals surface area contributed by atoms with Crippen molar-refractivity contribution in [3.8, 4) is 0 Å². The monoisotopic (exact) mass is 213 g/mol. The van der Waals surface area contributed by atoms with E-state index in [-0.39, 0.29) is 6.54 Å². The Labute approximate surface area is 87.9 Å². The second-order valence-electron chi connectivity index (χ2n) is 2.89. The lowest BCUT2D eigenvalue weighted by Crippen LogP contribution is -2.29. The van der Waals surface area contributed by atoms with Crippen LogP contribution in [0.15, 0.2) is 24.3 Å². The number of hydrogen-bond donors (Lipinski definition) is 1. The lowest BCUT2D eigenvalue weighted by Gasteiger charge is -2.20. The molecule has 0 atom stereocenters. The fourth-order valence-corrected chi connectivity index (χ4v) is 1.41. The summed E-state index contributed by atoms with van der Waals surface area (Å²) >= 11 is 5.81. The first kappa shape index (κ1) is 10.9. The number of carboxylic acid groups (broad SMARTS) is 1. The van der Waals surface area contributed by atoms with E-state index in [4.69, 9.17) is 16.7 Å². The summed E-state index contributed by atoms with van der Waals surface area (Å²) in [5.41, 5.74) is 0.836. The fourth-order valence-electron chi connectivity index (χ4n) is 1.22. The van der Waals surface area contributed by atoms with Crippen LogP contribution in [-0.2, 0) is 4.79 Å². The number of carbonyl (C=O) groups is 1. The first-order valence-corrected chi connectivity index (χ1v) is 4.73. The molecular weight excluding hydrogens is 202 g/mol. The van der Waals surface area contributed by atoms with Crippen molar-refractivity contribution in [3.05, 3.63) is 29.3 Å². The Hall–Kier alpha value is -1.22. The normalized spacial score (nSPS) is 9.86. The standard InChI is InChI=1S/C10H12ClNO2/c1-2-12(7-10(13)14)9-5-3-4-8(11)6-9/h3-6H,2,7H2,1H3,(H,13,14). The molecule has 0 aliphatic carbocycles. The van der Waals surface area contributed by atoms with E-state index in [9.17, 15) is 4.79 Å². The van der Waals surface area contributed by atoms with Crippen LogP contribution in [0.2, 0.25) is 5.02 Å². The highest BCUT2D eigenvalue weighted by atomic mass is 35.5. The van der Waals surface area contributed by atoms with E-state index in [2.05, 4.69) is 0 Å². The number of carboxylic acids is 1. The minimum absolute atomic E-state index is 0.00313. The van der Waals surface area contributed by atoms with Crippen molar-refractivity contribution >= 4 is 23.3 Å². The molecule has 1 aromatic rings. The van der Waals surface area contributed by atoms with Gasteiger partial charge in [-0.1, -0.05) is 17.7 Å². The van der Waals surface area contributed by atoms with Crippen molar-refractivity contribution in [2.24, 2.45) is 0 Å². The number of likely N-dealkylation sites (N-methyl/N-ethyl adjacent to an activating group) is 1. The first-order valence-electron chi connectivity index (χ1n) is 4.35. The average Bonchev–Trinajstić information content (AvgIpc) is 2.14. The molecule has 0 aliphatic rings. The highest BCUT2D eigenvalue weighted by Crippen LogP contribution is 2.18. The largest absolute Gasteiger partial charge is 0.480 e. The van der Waals surface area contributed by atoms with Crippen LogP contribution in [0.3, 0.4) is 0 Å². The molecular formula is C10H12ClNO2. The number of hydrogen-bond acceptors (Lipinski definition) is 2. The summed E-state index contributed by atoms with van der Waals surface area (Å²) < 4.78 is 0. The molecule has 0 radical (unpaired) electrons. The minimum Gasteiger partial charge on any atom is -0.480 e. The average molecular weight is 214 g/mol. The molecule has 0 aromatic heterocycles. The summed E-state index contributed by atoms with van der Waals surface area (Å²) in [6.07, 6.45) is 0. The Morgan fingerprint density at radius 1 is 1.57 bits per heavy atom. The minimum atomic E-state index is -0.841. The van der Waals surface area contributed by atoms with Gasteiger partial charge in [-0.2, -0.15) is 0 Å². The summed E-state index contributed by atoms with van der Waals surface area (Å²) in [5, 5.41) is 9.29. The van der Waals surface area contributed by atoms with Gasteiger partial charge in [0.05, 0.1) is 0 Å². The Bertz CT molecular complexity index is 328. The lowest BCUT2D eigenvalue weighted by molar-refractivity contribution is -0.135. The predicted molar refractivity (Wildman–Crippen MR) is 57.0 cm³/mol. The number of anilines is 1. The highest BCUT2D eigenvalue weighted by molar-refractivity contribution is 6.30. The van der Waals surface area contributed by atoms with Crippen molar-refractivity contribution in [2.45, 2.75) is 6.92 Å². The van der Waals surface area contributed by atoms with Crippen molar-refractivity contribution in [1.29, 1.82) is 0 Å². The zero-order valence-corrected chi connectivity index (χ0v) is 8.66. The summed E-state index contributed by atoms with van der Waals surface area (Å²) in [6, 6.07) is 7.17. The van der Waals surface area contributed by atoms with E-state index < -0.39 is 5.97 Å². The number of benzene rings is 1. The molecule has 0 spiro atoms. The van der Waals surface area contributed by atoms with Crippen molar-refractivity contribution in [3.63, 3.8) is 0 Å². The van der Waals surface area contributed by atoms with Gasteiger partial charge < -0.3 is 10.0 Å². The molecule has 0 unspecified atom stereocenters. The van der Waals surface area contributed by atoms with E-state index in [1.54, 1.807) is 17.0 Å². The van der Waals surface area contributed by atoms with Crippen LogP contribution in [0.5, 0.6) is 0 Å². The van der Waals surface area contributed by atoms with Crippen molar-refractivity contribution in [1.82, 2.24) is 0 Å². The van der Waals surface area contributed by atoms with Crippen LogP contribution in [-0.4, -0.2) is 24.2 Å². The van der Waals surface area contributed by atoms with Crippen LogP contribution in [0.25, 0.3) is 0 Å². The molecule has 14 heavy (non-hydrogen) atoms. The second-order valence-corrected chi connectivity index (χ2v) is 3.32. The van der Waals surface area contributed by atoms with Crippen LogP contribution < -0.4 is 4.90 Å². The molecule has 3 nitrogen and oxygen atoms in total. The van der Waals surface area contributed by atoms with Gasteiger partial charge in [0.1, 0.15) is 6.54 Å². The summed E-state index contributed by atoms with van der Waals surface area (Å²) in [5.74, 6) is -0.841. The zero-order chi connectivity index (χ0) is 10.6. The van der Waals surface area contributed by atoms with Gasteiger partial charge in [0.25, 0.3) is 0 Å². The van der Waals surface area contributed by atoms with Gasteiger partial charge in [-0.25, -0.2) is 0 Å². The Kier molecular flexibility index (Phi) is 3.77. The molecule has 0 fully saturated rings. The predicted octanol–water partition coefficient (Wildman–Crippen LogP) is 2.25. The van der Waals surface area contributed by atoms with E-state index in [0.717, 1.165) is 5.69 Å². The topological polar surface area (TPSA) is 40.5 Å². The molecule has 4 heteroatoms. The number of halogens is 1. The summed E-state index contributed by atoms with van der Waals surface area (Å²) in [6.45, 7) is 2.55. The third-order valence-corrected chi connectivity index (χ3v) is 2.12. The van der Waals surface area contributed by atoms with Gasteiger partial charge in [0.2, 0.25) is 0 Å². The number of nitrogens with zero attached hydrogens (tertiary/aromatic N) is 1. The Morgan fingerprint density at radius 2 is 2.29 bits per heavy atom. The Balaban J connectivity index is 2.83. The molecule has 1 aromatic carbocycles. The second kappa shape index (κ2) is 4.86. The molecule has 0 aliphatic heterocycles. The van der Waals surface area contributed by atoms with E-state index in [1.165, 1.54) is 0 Å². The third-order valence-electron chi connectivity index (χ3n) is 1.88. The van der Waals surface area contributed by atoms with Crippen molar-refractivity contribution < 1.29 is 9.90 Å². The highest BCUT2D eigenvalue weighted by Gasteiger charge is 2.08. The van der Waals surface area contributed by atoms with Crippen LogP contribution in [0.4, 0.5) is 5.69 Å². The number of aliphatic carboxylic acids is 1.